The van der Waals surface area contributed by atoms with Gasteiger partial charge in [-0.25, -0.2) is 9.59 Å². The van der Waals surface area contributed by atoms with Crippen LogP contribution in [0.5, 0.6) is 0 Å². The molecule has 0 aromatic carbocycles. The van der Waals surface area contributed by atoms with Crippen LogP contribution >= 0.6 is 15.9 Å². The molecule has 0 aromatic rings. The summed E-state index contributed by atoms with van der Waals surface area (Å²) in [5, 5.41) is 2.53. The first-order valence-electron chi connectivity index (χ1n) is 4.99. The summed E-state index contributed by atoms with van der Waals surface area (Å²) in [4.78, 5) is 22.2. The van der Waals surface area contributed by atoms with Crippen molar-refractivity contribution in [2.75, 3.05) is 13.2 Å². The van der Waals surface area contributed by atoms with Gasteiger partial charge >= 0.3 is 12.1 Å². The van der Waals surface area contributed by atoms with Crippen LogP contribution in [0.4, 0.5) is 4.79 Å². The molecule has 0 aliphatic carbocycles. The molecule has 1 amide bonds. The minimum absolute atomic E-state index is 0.277. The molecule has 0 aromatic heterocycles. The number of carbonyl (C=O) groups excluding carboxylic acids is 2. The molecule has 6 heteroatoms. The summed E-state index contributed by atoms with van der Waals surface area (Å²) in [7, 11) is 0. The van der Waals surface area contributed by atoms with Gasteiger partial charge in [-0.15, -0.1) is 0 Å². The number of nitrogens with one attached hydrogen (secondary N) is 1. The van der Waals surface area contributed by atoms with E-state index < -0.39 is 12.1 Å². The van der Waals surface area contributed by atoms with Crippen LogP contribution in [0, 0.1) is 0 Å². The highest BCUT2D eigenvalue weighted by atomic mass is 79.9. The van der Waals surface area contributed by atoms with Crippen molar-refractivity contribution in [2.45, 2.75) is 26.8 Å². The first kappa shape index (κ1) is 15.0. The molecular formula is C10H16BrNO4. The fourth-order valence-corrected chi connectivity index (χ4v) is 1.40. The maximum Gasteiger partial charge on any atom is 0.407 e. The van der Waals surface area contributed by atoms with Gasteiger partial charge in [0.15, 0.2) is 0 Å². The van der Waals surface area contributed by atoms with E-state index in [1.165, 1.54) is 6.08 Å². The van der Waals surface area contributed by atoms with Gasteiger partial charge < -0.3 is 14.8 Å². The van der Waals surface area contributed by atoms with Gasteiger partial charge in [0.1, 0.15) is 4.48 Å². The molecule has 1 N–H and O–H groups in total. The average molecular weight is 294 g/mol. The second-order valence-corrected chi connectivity index (χ2v) is 3.74. The topological polar surface area (TPSA) is 64.6 Å². The number of hydrogen-bond acceptors (Lipinski definition) is 4. The molecule has 0 saturated heterocycles. The maximum atomic E-state index is 11.2. The van der Waals surface area contributed by atoms with E-state index in [-0.39, 0.29) is 10.5 Å². The van der Waals surface area contributed by atoms with E-state index in [4.69, 9.17) is 9.47 Å². The summed E-state index contributed by atoms with van der Waals surface area (Å²) in [5.74, 6) is -0.458. The molecule has 0 aliphatic heterocycles. The van der Waals surface area contributed by atoms with Gasteiger partial charge in [0.05, 0.1) is 13.2 Å². The van der Waals surface area contributed by atoms with Gasteiger partial charge in [-0.1, -0.05) is 0 Å². The van der Waals surface area contributed by atoms with Crippen molar-refractivity contribution >= 4 is 28.0 Å². The van der Waals surface area contributed by atoms with E-state index in [9.17, 15) is 9.59 Å². The first-order chi connectivity index (χ1) is 7.51. The van der Waals surface area contributed by atoms with E-state index in [1.54, 1.807) is 20.8 Å². The molecule has 0 saturated carbocycles. The minimum Gasteiger partial charge on any atom is -0.462 e. The van der Waals surface area contributed by atoms with E-state index >= 15 is 0 Å². The van der Waals surface area contributed by atoms with E-state index in [0.717, 1.165) is 0 Å². The van der Waals surface area contributed by atoms with Gasteiger partial charge in [-0.2, -0.15) is 0 Å². The number of rotatable bonds is 5. The monoisotopic (exact) mass is 293 g/mol. The van der Waals surface area contributed by atoms with Crippen molar-refractivity contribution in [2.24, 2.45) is 0 Å². The Kier molecular flexibility index (Phi) is 7.62. The van der Waals surface area contributed by atoms with Crippen LogP contribution in [0.25, 0.3) is 0 Å². The molecule has 0 spiro atoms. The highest BCUT2D eigenvalue weighted by Crippen LogP contribution is 2.08. The molecular weight excluding hydrogens is 278 g/mol. The van der Waals surface area contributed by atoms with Crippen LogP contribution in [0.1, 0.15) is 20.8 Å². The second kappa shape index (κ2) is 8.15. The zero-order valence-corrected chi connectivity index (χ0v) is 11.2. The zero-order valence-electron chi connectivity index (χ0n) is 9.58. The van der Waals surface area contributed by atoms with Gasteiger partial charge in [0.2, 0.25) is 0 Å². The fourth-order valence-electron chi connectivity index (χ4n) is 0.888. The van der Waals surface area contributed by atoms with Crippen LogP contribution in [-0.4, -0.2) is 31.3 Å². The van der Waals surface area contributed by atoms with Crippen molar-refractivity contribution in [3.8, 4) is 0 Å². The minimum atomic E-state index is -0.518. The lowest BCUT2D eigenvalue weighted by atomic mass is 10.3. The smallest absolute Gasteiger partial charge is 0.407 e. The molecule has 0 rings (SSSR count). The molecule has 0 heterocycles. The predicted octanol–water partition coefficient (Wildman–Crippen LogP) is 1.96. The zero-order chi connectivity index (χ0) is 12.6. The summed E-state index contributed by atoms with van der Waals surface area (Å²) >= 11 is 3.07. The number of carbonyl (C=O) groups is 2. The van der Waals surface area contributed by atoms with Crippen molar-refractivity contribution in [3.63, 3.8) is 0 Å². The van der Waals surface area contributed by atoms with Crippen molar-refractivity contribution in [1.82, 2.24) is 5.32 Å². The Balaban J connectivity index is 4.19. The van der Waals surface area contributed by atoms with Crippen LogP contribution in [-0.2, 0) is 14.3 Å². The first-order valence-corrected chi connectivity index (χ1v) is 5.78. The Bertz CT molecular complexity index is 278. The Hall–Kier alpha value is -1.04. The second-order valence-electron chi connectivity index (χ2n) is 2.89. The largest absolute Gasteiger partial charge is 0.462 e. The predicted molar refractivity (Wildman–Crippen MR) is 63.3 cm³/mol. The maximum absolute atomic E-state index is 11.2. The van der Waals surface area contributed by atoms with Gasteiger partial charge in [0, 0.05) is 6.04 Å². The van der Waals surface area contributed by atoms with Gasteiger partial charge in [-0.05, 0) is 42.8 Å². The summed E-state index contributed by atoms with van der Waals surface area (Å²) in [6.45, 7) is 5.77. The van der Waals surface area contributed by atoms with Crippen molar-refractivity contribution in [1.29, 1.82) is 0 Å². The lowest BCUT2D eigenvalue weighted by Crippen LogP contribution is -2.32. The summed E-state index contributed by atoms with van der Waals surface area (Å²) in [5.41, 5.74) is 0. The van der Waals surface area contributed by atoms with E-state index in [0.29, 0.717) is 13.2 Å². The Labute approximate surface area is 103 Å². The normalized spacial score (nSPS) is 12.9. The molecule has 0 aliphatic rings. The SMILES string of the molecule is CCOC(=O)N[C@@H](C)/C=C(\Br)C(=O)OCC. The van der Waals surface area contributed by atoms with Crippen LogP contribution < -0.4 is 5.32 Å². The number of ether oxygens (including phenoxy) is 2. The molecule has 0 bridgehead atoms. The standard InChI is InChI=1S/C10H16BrNO4/c1-4-15-9(13)8(11)6-7(3)12-10(14)16-5-2/h6-7H,4-5H2,1-3H3,(H,12,14)/b8-6-/t7-/m0/s1. The van der Waals surface area contributed by atoms with Crippen molar-refractivity contribution in [3.05, 3.63) is 10.6 Å². The van der Waals surface area contributed by atoms with Crippen LogP contribution in [0.2, 0.25) is 0 Å². The van der Waals surface area contributed by atoms with Crippen molar-refractivity contribution < 1.29 is 19.1 Å². The highest BCUT2D eigenvalue weighted by Gasteiger charge is 2.10. The molecule has 16 heavy (non-hydrogen) atoms. The molecule has 0 radical (unpaired) electrons. The molecule has 1 atom stereocenters. The Morgan fingerprint density at radius 3 is 2.38 bits per heavy atom. The number of alkyl carbamates (subject to hydrolysis) is 1. The lowest BCUT2D eigenvalue weighted by molar-refractivity contribution is -0.137. The van der Waals surface area contributed by atoms with E-state index in [2.05, 4.69) is 21.2 Å². The summed E-state index contributed by atoms with van der Waals surface area (Å²) < 4.78 is 9.73. The third-order valence-corrected chi connectivity index (χ3v) is 2.08. The molecule has 5 nitrogen and oxygen atoms in total. The Morgan fingerprint density at radius 2 is 1.88 bits per heavy atom. The van der Waals surface area contributed by atoms with Gasteiger partial charge in [0.25, 0.3) is 0 Å². The third kappa shape index (κ3) is 6.44. The number of amides is 1. The third-order valence-electron chi connectivity index (χ3n) is 1.49. The number of hydrogen-bond donors (Lipinski definition) is 1. The fraction of sp³-hybridized carbons (Fsp3) is 0.600. The van der Waals surface area contributed by atoms with Crippen LogP contribution in [0.15, 0.2) is 10.6 Å². The lowest BCUT2D eigenvalue weighted by Gasteiger charge is -2.10. The highest BCUT2D eigenvalue weighted by molar-refractivity contribution is 9.12. The average Bonchev–Trinajstić information content (AvgIpc) is 2.17. The molecule has 92 valence electrons. The Morgan fingerprint density at radius 1 is 1.31 bits per heavy atom. The molecule has 0 fully saturated rings. The number of esters is 1. The summed E-state index contributed by atoms with van der Waals surface area (Å²) in [6, 6.07) is -0.321. The van der Waals surface area contributed by atoms with Gasteiger partial charge in [-0.3, -0.25) is 0 Å². The summed E-state index contributed by atoms with van der Waals surface area (Å²) in [6.07, 6.45) is 1.02. The quantitative estimate of drug-likeness (QED) is 0.622. The van der Waals surface area contributed by atoms with E-state index in [1.807, 2.05) is 0 Å². The number of halogens is 1. The molecule has 0 unspecified atom stereocenters. The van der Waals surface area contributed by atoms with Crippen LogP contribution in [0.3, 0.4) is 0 Å².